The molecule has 0 unspecified atom stereocenters. The Morgan fingerprint density at radius 3 is 2.95 bits per heavy atom. The number of halogens is 1. The summed E-state index contributed by atoms with van der Waals surface area (Å²) < 4.78 is 0. The number of hydrogen-bond acceptors (Lipinski definition) is 3. The third kappa shape index (κ3) is 3.71. The maximum atomic E-state index is 12.2. The minimum absolute atomic E-state index is 0.136. The standard InChI is InChI=1S/C15H16ClN3O/c1-2-18-14-10-17-7-6-13(14)15(20)19-9-11-4-3-5-12(16)8-11/h3-8,10,18H,2,9H2,1H3,(H,19,20). The lowest BCUT2D eigenvalue weighted by Gasteiger charge is -2.10. The van der Waals surface area contributed by atoms with E-state index in [2.05, 4.69) is 15.6 Å². The maximum Gasteiger partial charge on any atom is 0.253 e. The Labute approximate surface area is 123 Å². The second-order valence-electron chi connectivity index (χ2n) is 4.26. The fourth-order valence-electron chi connectivity index (χ4n) is 1.85. The molecule has 1 aromatic heterocycles. The Morgan fingerprint density at radius 1 is 1.35 bits per heavy atom. The van der Waals surface area contributed by atoms with E-state index in [4.69, 9.17) is 11.6 Å². The molecule has 20 heavy (non-hydrogen) atoms. The van der Waals surface area contributed by atoms with E-state index in [1.165, 1.54) is 0 Å². The van der Waals surface area contributed by atoms with Crippen LogP contribution < -0.4 is 10.6 Å². The van der Waals surface area contributed by atoms with Gasteiger partial charge in [0.25, 0.3) is 5.91 Å². The molecule has 5 heteroatoms. The topological polar surface area (TPSA) is 54.0 Å². The molecule has 2 aromatic rings. The Hall–Kier alpha value is -2.07. The van der Waals surface area contributed by atoms with Crippen LogP contribution >= 0.6 is 11.6 Å². The lowest BCUT2D eigenvalue weighted by molar-refractivity contribution is 0.0951. The zero-order valence-electron chi connectivity index (χ0n) is 11.2. The number of amides is 1. The zero-order valence-corrected chi connectivity index (χ0v) is 11.9. The summed E-state index contributed by atoms with van der Waals surface area (Å²) in [4.78, 5) is 16.2. The summed E-state index contributed by atoms with van der Waals surface area (Å²) in [5.41, 5.74) is 2.28. The molecule has 1 aromatic carbocycles. The van der Waals surface area contributed by atoms with Crippen molar-refractivity contribution in [2.45, 2.75) is 13.5 Å². The molecule has 2 rings (SSSR count). The van der Waals surface area contributed by atoms with Crippen molar-refractivity contribution >= 4 is 23.2 Å². The minimum Gasteiger partial charge on any atom is -0.383 e. The van der Waals surface area contributed by atoms with Gasteiger partial charge in [-0.1, -0.05) is 23.7 Å². The van der Waals surface area contributed by atoms with Crippen molar-refractivity contribution in [1.82, 2.24) is 10.3 Å². The molecule has 0 saturated carbocycles. The normalized spacial score (nSPS) is 10.1. The van der Waals surface area contributed by atoms with E-state index in [1.807, 2.05) is 25.1 Å². The number of carbonyl (C=O) groups is 1. The van der Waals surface area contributed by atoms with Gasteiger partial charge in [-0.2, -0.15) is 0 Å². The summed E-state index contributed by atoms with van der Waals surface area (Å²) in [6.45, 7) is 3.15. The van der Waals surface area contributed by atoms with Crippen molar-refractivity contribution in [3.05, 3.63) is 58.9 Å². The van der Waals surface area contributed by atoms with E-state index < -0.39 is 0 Å². The number of nitrogens with one attached hydrogen (secondary N) is 2. The lowest BCUT2D eigenvalue weighted by Crippen LogP contribution is -2.24. The van der Waals surface area contributed by atoms with Gasteiger partial charge < -0.3 is 10.6 Å². The third-order valence-corrected chi connectivity index (χ3v) is 3.01. The molecule has 0 saturated heterocycles. The highest BCUT2D eigenvalue weighted by molar-refractivity contribution is 6.30. The number of benzene rings is 1. The van der Waals surface area contributed by atoms with Crippen molar-refractivity contribution in [1.29, 1.82) is 0 Å². The highest BCUT2D eigenvalue weighted by atomic mass is 35.5. The van der Waals surface area contributed by atoms with Crippen molar-refractivity contribution in [3.63, 3.8) is 0 Å². The van der Waals surface area contributed by atoms with Gasteiger partial charge in [-0.05, 0) is 30.7 Å². The summed E-state index contributed by atoms with van der Waals surface area (Å²) in [7, 11) is 0. The first-order chi connectivity index (χ1) is 9.70. The fraction of sp³-hybridized carbons (Fsp3) is 0.200. The molecule has 2 N–H and O–H groups in total. The first-order valence-electron chi connectivity index (χ1n) is 6.41. The molecule has 0 bridgehead atoms. The van der Waals surface area contributed by atoms with Gasteiger partial charge in [-0.15, -0.1) is 0 Å². The van der Waals surface area contributed by atoms with Crippen LogP contribution in [0.15, 0.2) is 42.7 Å². The molecule has 0 aliphatic heterocycles. The lowest BCUT2D eigenvalue weighted by atomic mass is 10.2. The van der Waals surface area contributed by atoms with Crippen LogP contribution in [-0.2, 0) is 6.54 Å². The average molecular weight is 290 g/mol. The quantitative estimate of drug-likeness (QED) is 0.889. The number of rotatable bonds is 5. The van der Waals surface area contributed by atoms with E-state index >= 15 is 0 Å². The van der Waals surface area contributed by atoms with Gasteiger partial charge in [-0.25, -0.2) is 0 Å². The SMILES string of the molecule is CCNc1cnccc1C(=O)NCc1cccc(Cl)c1. The molecule has 4 nitrogen and oxygen atoms in total. The second kappa shape index (κ2) is 6.91. The molecule has 0 aliphatic rings. The van der Waals surface area contributed by atoms with E-state index in [1.54, 1.807) is 24.5 Å². The van der Waals surface area contributed by atoms with Crippen molar-refractivity contribution < 1.29 is 4.79 Å². The monoisotopic (exact) mass is 289 g/mol. The van der Waals surface area contributed by atoms with Gasteiger partial charge in [-0.3, -0.25) is 9.78 Å². The van der Waals surface area contributed by atoms with Crippen LogP contribution in [-0.4, -0.2) is 17.4 Å². The predicted octanol–water partition coefficient (Wildman–Crippen LogP) is 3.10. The van der Waals surface area contributed by atoms with Crippen molar-refractivity contribution in [2.75, 3.05) is 11.9 Å². The average Bonchev–Trinajstić information content (AvgIpc) is 2.46. The van der Waals surface area contributed by atoms with Gasteiger partial charge in [0.1, 0.15) is 0 Å². The van der Waals surface area contributed by atoms with Crippen molar-refractivity contribution in [3.8, 4) is 0 Å². The van der Waals surface area contributed by atoms with E-state index in [-0.39, 0.29) is 5.91 Å². The molecule has 0 fully saturated rings. The molecule has 0 aliphatic carbocycles. The van der Waals surface area contributed by atoms with Crippen LogP contribution in [0.4, 0.5) is 5.69 Å². The first-order valence-corrected chi connectivity index (χ1v) is 6.79. The Morgan fingerprint density at radius 2 is 2.20 bits per heavy atom. The van der Waals surface area contributed by atoms with Gasteiger partial charge in [0.05, 0.1) is 17.4 Å². The highest BCUT2D eigenvalue weighted by Crippen LogP contribution is 2.14. The van der Waals surface area contributed by atoms with Crippen LogP contribution in [0.5, 0.6) is 0 Å². The number of pyridine rings is 1. The van der Waals surface area contributed by atoms with Gasteiger partial charge in [0.2, 0.25) is 0 Å². The van der Waals surface area contributed by atoms with Crippen LogP contribution in [0.3, 0.4) is 0 Å². The Balaban J connectivity index is 2.05. The number of carbonyl (C=O) groups excluding carboxylic acids is 1. The second-order valence-corrected chi connectivity index (χ2v) is 4.70. The van der Waals surface area contributed by atoms with Crippen LogP contribution in [0.1, 0.15) is 22.8 Å². The summed E-state index contributed by atoms with van der Waals surface area (Å²) in [5.74, 6) is -0.136. The maximum absolute atomic E-state index is 12.2. The smallest absolute Gasteiger partial charge is 0.253 e. The summed E-state index contributed by atoms with van der Waals surface area (Å²) in [5, 5.41) is 6.66. The van der Waals surface area contributed by atoms with Crippen LogP contribution in [0.2, 0.25) is 5.02 Å². The number of aromatic nitrogens is 1. The van der Waals surface area contributed by atoms with E-state index in [0.717, 1.165) is 17.8 Å². The molecule has 0 spiro atoms. The molecular formula is C15H16ClN3O. The molecule has 0 radical (unpaired) electrons. The Kier molecular flexibility index (Phi) is 4.96. The third-order valence-electron chi connectivity index (χ3n) is 2.78. The Bertz CT molecular complexity index is 601. The van der Waals surface area contributed by atoms with Gasteiger partial charge in [0.15, 0.2) is 0 Å². The number of nitrogens with zero attached hydrogens (tertiary/aromatic N) is 1. The predicted molar refractivity (Wildman–Crippen MR) is 81.0 cm³/mol. The van der Waals surface area contributed by atoms with E-state index in [0.29, 0.717) is 17.1 Å². The van der Waals surface area contributed by atoms with E-state index in [9.17, 15) is 4.79 Å². The zero-order chi connectivity index (χ0) is 14.4. The minimum atomic E-state index is -0.136. The summed E-state index contributed by atoms with van der Waals surface area (Å²) >= 11 is 5.91. The summed E-state index contributed by atoms with van der Waals surface area (Å²) in [6, 6.07) is 9.12. The first kappa shape index (κ1) is 14.3. The van der Waals surface area contributed by atoms with Gasteiger partial charge in [0, 0.05) is 24.3 Å². The highest BCUT2D eigenvalue weighted by Gasteiger charge is 2.10. The van der Waals surface area contributed by atoms with Gasteiger partial charge >= 0.3 is 0 Å². The van der Waals surface area contributed by atoms with Crippen LogP contribution in [0, 0.1) is 0 Å². The molecule has 0 atom stereocenters. The fourth-order valence-corrected chi connectivity index (χ4v) is 2.06. The van der Waals surface area contributed by atoms with Crippen molar-refractivity contribution in [2.24, 2.45) is 0 Å². The number of anilines is 1. The molecular weight excluding hydrogens is 274 g/mol. The largest absolute Gasteiger partial charge is 0.383 e. The number of hydrogen-bond donors (Lipinski definition) is 2. The molecule has 1 heterocycles. The van der Waals surface area contributed by atoms with Crippen LogP contribution in [0.25, 0.3) is 0 Å². The molecule has 104 valence electrons. The summed E-state index contributed by atoms with van der Waals surface area (Å²) in [6.07, 6.45) is 3.26. The molecule has 1 amide bonds.